The van der Waals surface area contributed by atoms with Crippen LogP contribution in [0.5, 0.6) is 0 Å². The van der Waals surface area contributed by atoms with Crippen LogP contribution in [0, 0.1) is 0 Å². The number of carbonyl (C=O) groups excluding carboxylic acids is 2. The fourth-order valence-corrected chi connectivity index (χ4v) is 1.87. The molecule has 92 valence electrons. The number of furan rings is 1. The smallest absolute Gasteiger partial charge is 0.260 e. The van der Waals surface area contributed by atoms with Crippen molar-refractivity contribution in [2.24, 2.45) is 5.73 Å². The van der Waals surface area contributed by atoms with E-state index in [2.05, 4.69) is 21.2 Å². The van der Waals surface area contributed by atoms with E-state index >= 15 is 0 Å². The third-order valence-corrected chi connectivity index (χ3v) is 2.92. The van der Waals surface area contributed by atoms with Crippen LogP contribution in [0.3, 0.4) is 0 Å². The Morgan fingerprint density at radius 1 is 1.17 bits per heavy atom. The van der Waals surface area contributed by atoms with Crippen molar-refractivity contribution in [1.29, 1.82) is 0 Å². The summed E-state index contributed by atoms with van der Waals surface area (Å²) in [6.07, 6.45) is 1.39. The third-order valence-electron chi connectivity index (χ3n) is 2.30. The van der Waals surface area contributed by atoms with Gasteiger partial charge in [-0.3, -0.25) is 9.59 Å². The first kappa shape index (κ1) is 12.4. The summed E-state index contributed by atoms with van der Waals surface area (Å²) < 4.78 is 5.30. The normalized spacial score (nSPS) is 10.1. The summed E-state index contributed by atoms with van der Waals surface area (Å²) in [5.74, 6) is -0.985. The van der Waals surface area contributed by atoms with E-state index in [0.717, 1.165) is 0 Å². The van der Waals surface area contributed by atoms with E-state index < -0.39 is 5.91 Å². The molecule has 1 aromatic heterocycles. The van der Waals surface area contributed by atoms with Gasteiger partial charge in [0.1, 0.15) is 0 Å². The number of benzene rings is 1. The van der Waals surface area contributed by atoms with Crippen molar-refractivity contribution in [3.8, 4) is 0 Å². The number of halogens is 1. The van der Waals surface area contributed by atoms with Crippen molar-refractivity contribution in [3.63, 3.8) is 0 Å². The van der Waals surface area contributed by atoms with Gasteiger partial charge in [-0.1, -0.05) is 12.1 Å². The zero-order valence-corrected chi connectivity index (χ0v) is 10.7. The molecule has 0 fully saturated rings. The highest BCUT2D eigenvalue weighted by molar-refractivity contribution is 9.10. The Morgan fingerprint density at radius 3 is 2.50 bits per heavy atom. The number of nitrogens with two attached hydrogens (primary N) is 1. The number of para-hydroxylation sites is 1. The molecular formula is C12H9BrN2O3. The minimum atomic E-state index is -0.600. The van der Waals surface area contributed by atoms with Crippen LogP contribution in [0.1, 0.15) is 20.7 Å². The minimum absolute atomic E-state index is 0.255. The molecule has 2 aromatic rings. The topological polar surface area (TPSA) is 85.3 Å². The highest BCUT2D eigenvalue weighted by atomic mass is 79.9. The Morgan fingerprint density at radius 2 is 1.89 bits per heavy atom. The van der Waals surface area contributed by atoms with Gasteiger partial charge in [0.2, 0.25) is 0 Å². The summed E-state index contributed by atoms with van der Waals surface area (Å²) in [7, 11) is 0. The molecule has 0 atom stereocenters. The summed E-state index contributed by atoms with van der Waals surface area (Å²) >= 11 is 3.11. The average Bonchev–Trinajstić information content (AvgIpc) is 2.76. The highest BCUT2D eigenvalue weighted by Crippen LogP contribution is 2.20. The second-order valence-corrected chi connectivity index (χ2v) is 4.19. The van der Waals surface area contributed by atoms with E-state index in [1.807, 2.05) is 0 Å². The Labute approximate surface area is 111 Å². The van der Waals surface area contributed by atoms with Crippen molar-refractivity contribution in [2.45, 2.75) is 0 Å². The number of rotatable bonds is 3. The maximum Gasteiger partial charge on any atom is 0.260 e. The highest BCUT2D eigenvalue weighted by Gasteiger charge is 2.15. The number of hydrogen-bond acceptors (Lipinski definition) is 3. The molecule has 0 bridgehead atoms. The van der Waals surface area contributed by atoms with Crippen LogP contribution in [0.25, 0.3) is 0 Å². The quantitative estimate of drug-likeness (QED) is 0.913. The number of carbonyl (C=O) groups is 2. The fourth-order valence-electron chi connectivity index (χ4n) is 1.45. The number of hydrogen-bond donors (Lipinski definition) is 2. The van der Waals surface area contributed by atoms with Crippen molar-refractivity contribution in [1.82, 2.24) is 0 Å². The molecule has 0 aliphatic carbocycles. The number of primary amides is 1. The van der Waals surface area contributed by atoms with E-state index in [0.29, 0.717) is 15.9 Å². The summed E-state index contributed by atoms with van der Waals surface area (Å²) in [5.41, 5.74) is 6.18. The molecule has 0 saturated carbocycles. The van der Waals surface area contributed by atoms with Gasteiger partial charge in [0.25, 0.3) is 11.8 Å². The Hall–Kier alpha value is -2.08. The number of anilines is 1. The van der Waals surface area contributed by atoms with Crippen LogP contribution >= 0.6 is 15.9 Å². The molecule has 18 heavy (non-hydrogen) atoms. The van der Waals surface area contributed by atoms with Gasteiger partial charge in [0, 0.05) is 0 Å². The zero-order chi connectivity index (χ0) is 13.1. The van der Waals surface area contributed by atoms with Crippen molar-refractivity contribution in [3.05, 3.63) is 52.4 Å². The summed E-state index contributed by atoms with van der Waals surface area (Å²) in [5, 5.41) is 2.61. The summed E-state index contributed by atoms with van der Waals surface area (Å²) in [6.45, 7) is 0. The average molecular weight is 309 g/mol. The van der Waals surface area contributed by atoms with Crippen LogP contribution in [-0.2, 0) is 0 Å². The molecule has 0 saturated heterocycles. The lowest BCUT2D eigenvalue weighted by Gasteiger charge is -2.07. The molecule has 3 N–H and O–H groups in total. The minimum Gasteiger partial charge on any atom is -0.457 e. The third kappa shape index (κ3) is 2.43. The first-order valence-corrected chi connectivity index (χ1v) is 5.82. The fraction of sp³-hybridized carbons (Fsp3) is 0. The van der Waals surface area contributed by atoms with E-state index in [1.165, 1.54) is 12.3 Å². The van der Waals surface area contributed by atoms with Gasteiger partial charge >= 0.3 is 0 Å². The standard InChI is InChI=1S/C12H9BrN2O3/c13-10-8(5-6-18-10)12(17)15-9-4-2-1-3-7(9)11(14)16/h1-6H,(H2,14,16)(H,15,17). The summed E-state index contributed by atoms with van der Waals surface area (Å²) in [6, 6.07) is 8.04. The molecule has 1 heterocycles. The SMILES string of the molecule is NC(=O)c1ccccc1NC(=O)c1ccoc1Br. The summed E-state index contributed by atoms with van der Waals surface area (Å²) in [4.78, 5) is 23.1. The van der Waals surface area contributed by atoms with E-state index in [9.17, 15) is 9.59 Å². The molecule has 0 unspecified atom stereocenters. The molecule has 2 rings (SSSR count). The molecule has 0 aliphatic rings. The number of nitrogens with one attached hydrogen (secondary N) is 1. The molecule has 0 aliphatic heterocycles. The van der Waals surface area contributed by atoms with Crippen LogP contribution in [0.4, 0.5) is 5.69 Å². The Kier molecular flexibility index (Phi) is 3.47. The maximum atomic E-state index is 11.9. The molecule has 2 amide bonds. The molecular weight excluding hydrogens is 300 g/mol. The van der Waals surface area contributed by atoms with Gasteiger partial charge in [-0.15, -0.1) is 0 Å². The maximum absolute atomic E-state index is 11.9. The first-order chi connectivity index (χ1) is 8.59. The van der Waals surface area contributed by atoms with E-state index in [4.69, 9.17) is 10.2 Å². The molecule has 0 radical (unpaired) electrons. The van der Waals surface area contributed by atoms with Gasteiger partial charge in [-0.2, -0.15) is 0 Å². The van der Waals surface area contributed by atoms with Gasteiger partial charge in [-0.25, -0.2) is 0 Å². The lowest BCUT2D eigenvalue weighted by molar-refractivity contribution is 0.100. The van der Waals surface area contributed by atoms with Crippen LogP contribution in [0.2, 0.25) is 0 Å². The zero-order valence-electron chi connectivity index (χ0n) is 9.14. The van der Waals surface area contributed by atoms with Crippen LogP contribution in [0.15, 0.2) is 45.7 Å². The van der Waals surface area contributed by atoms with E-state index in [-0.39, 0.29) is 11.5 Å². The molecule has 0 spiro atoms. The van der Waals surface area contributed by atoms with Gasteiger partial charge in [0.05, 0.1) is 23.1 Å². The number of amides is 2. The monoisotopic (exact) mass is 308 g/mol. The first-order valence-electron chi connectivity index (χ1n) is 5.03. The second-order valence-electron chi connectivity index (χ2n) is 3.47. The van der Waals surface area contributed by atoms with Crippen LogP contribution < -0.4 is 11.1 Å². The predicted octanol–water partition coefficient (Wildman–Crippen LogP) is 2.39. The van der Waals surface area contributed by atoms with Crippen LogP contribution in [-0.4, -0.2) is 11.8 Å². The van der Waals surface area contributed by atoms with Gasteiger partial charge in [-0.05, 0) is 34.1 Å². The lowest BCUT2D eigenvalue weighted by atomic mass is 10.1. The van der Waals surface area contributed by atoms with Crippen molar-refractivity contribution >= 4 is 33.4 Å². The Balaban J connectivity index is 2.28. The predicted molar refractivity (Wildman–Crippen MR) is 69.3 cm³/mol. The largest absolute Gasteiger partial charge is 0.457 e. The Bertz CT molecular complexity index is 607. The molecule has 1 aromatic carbocycles. The molecule has 6 heteroatoms. The van der Waals surface area contributed by atoms with Gasteiger partial charge in [0.15, 0.2) is 4.67 Å². The molecule has 5 nitrogen and oxygen atoms in total. The lowest BCUT2D eigenvalue weighted by Crippen LogP contribution is -2.18. The van der Waals surface area contributed by atoms with E-state index in [1.54, 1.807) is 24.3 Å². The second kappa shape index (κ2) is 5.05. The van der Waals surface area contributed by atoms with Crippen molar-refractivity contribution in [2.75, 3.05) is 5.32 Å². The van der Waals surface area contributed by atoms with Gasteiger partial charge < -0.3 is 15.5 Å². The van der Waals surface area contributed by atoms with Crippen molar-refractivity contribution < 1.29 is 14.0 Å².